The van der Waals surface area contributed by atoms with Crippen molar-refractivity contribution < 1.29 is 9.21 Å². The lowest BCUT2D eigenvalue weighted by Crippen LogP contribution is -2.35. The van der Waals surface area contributed by atoms with Gasteiger partial charge in [0.15, 0.2) is 5.76 Å². The van der Waals surface area contributed by atoms with E-state index in [0.717, 1.165) is 18.4 Å². The van der Waals surface area contributed by atoms with Gasteiger partial charge in [-0.15, -0.1) is 0 Å². The van der Waals surface area contributed by atoms with Crippen LogP contribution in [0, 0.1) is 0 Å². The van der Waals surface area contributed by atoms with Crippen LogP contribution in [0.4, 0.5) is 0 Å². The van der Waals surface area contributed by atoms with Gasteiger partial charge in [-0.25, -0.2) is 0 Å². The molecule has 0 radical (unpaired) electrons. The average molecular weight is 290 g/mol. The van der Waals surface area contributed by atoms with Crippen LogP contribution in [0.15, 0.2) is 47.1 Å². The summed E-state index contributed by atoms with van der Waals surface area (Å²) in [6, 6.07) is 11.4. The van der Waals surface area contributed by atoms with Crippen molar-refractivity contribution in [3.05, 3.63) is 59.0 Å². The fraction of sp³-hybridized carbons (Fsp3) is 0.312. The third-order valence-corrected chi connectivity index (χ3v) is 3.93. The van der Waals surface area contributed by atoms with Crippen molar-refractivity contribution in [3.63, 3.8) is 0 Å². The Morgan fingerprint density at radius 3 is 2.55 bits per heavy atom. The van der Waals surface area contributed by atoms with Crippen LogP contribution in [0.5, 0.6) is 0 Å². The van der Waals surface area contributed by atoms with Crippen molar-refractivity contribution in [3.8, 4) is 0 Å². The van der Waals surface area contributed by atoms with Crippen LogP contribution in [-0.4, -0.2) is 16.8 Å². The van der Waals surface area contributed by atoms with Gasteiger partial charge in [-0.3, -0.25) is 4.79 Å². The molecule has 1 saturated carbocycles. The highest BCUT2D eigenvalue weighted by Crippen LogP contribution is 2.35. The lowest BCUT2D eigenvalue weighted by Gasteiger charge is -2.29. The SMILES string of the molecule is CC(c1ccc(Cl)cc1)N(C(=O)c1ccco1)C1CC1. The average Bonchev–Trinajstić information content (AvgIpc) is 3.12. The minimum absolute atomic E-state index is 0.0115. The number of furan rings is 1. The number of rotatable bonds is 4. The molecular formula is C16H16ClNO2. The number of carbonyl (C=O) groups is 1. The first-order chi connectivity index (χ1) is 9.66. The summed E-state index contributed by atoms with van der Waals surface area (Å²) in [6.07, 6.45) is 3.65. The maximum Gasteiger partial charge on any atom is 0.290 e. The highest BCUT2D eigenvalue weighted by Gasteiger charge is 2.37. The molecule has 1 aliphatic rings. The molecule has 2 aromatic rings. The zero-order chi connectivity index (χ0) is 14.1. The normalized spacial score (nSPS) is 15.9. The summed E-state index contributed by atoms with van der Waals surface area (Å²) in [7, 11) is 0. The molecule has 1 atom stereocenters. The van der Waals surface area contributed by atoms with Gasteiger partial charge in [0.2, 0.25) is 0 Å². The van der Waals surface area contributed by atoms with E-state index in [0.29, 0.717) is 16.8 Å². The highest BCUT2D eigenvalue weighted by atomic mass is 35.5. The molecule has 1 unspecified atom stereocenters. The summed E-state index contributed by atoms with van der Waals surface area (Å²) in [5.41, 5.74) is 1.08. The summed E-state index contributed by atoms with van der Waals surface area (Å²) in [5, 5.41) is 0.705. The monoisotopic (exact) mass is 289 g/mol. The molecule has 1 aliphatic carbocycles. The Kier molecular flexibility index (Phi) is 3.53. The first-order valence-electron chi connectivity index (χ1n) is 6.78. The molecule has 0 N–H and O–H groups in total. The van der Waals surface area contributed by atoms with Crippen molar-refractivity contribution >= 4 is 17.5 Å². The molecule has 4 heteroatoms. The van der Waals surface area contributed by atoms with E-state index in [1.807, 2.05) is 36.1 Å². The lowest BCUT2D eigenvalue weighted by molar-refractivity contribution is 0.0641. The molecule has 20 heavy (non-hydrogen) atoms. The van der Waals surface area contributed by atoms with Gasteiger partial charge in [0.05, 0.1) is 12.3 Å². The van der Waals surface area contributed by atoms with Gasteiger partial charge in [0.25, 0.3) is 5.91 Å². The molecule has 1 amide bonds. The van der Waals surface area contributed by atoms with Crippen LogP contribution in [0.2, 0.25) is 5.02 Å². The molecule has 0 saturated heterocycles. The molecule has 3 nitrogen and oxygen atoms in total. The number of hydrogen-bond acceptors (Lipinski definition) is 2. The van der Waals surface area contributed by atoms with Crippen molar-refractivity contribution in [1.29, 1.82) is 0 Å². The molecule has 1 heterocycles. The molecular weight excluding hydrogens is 274 g/mol. The van der Waals surface area contributed by atoms with E-state index in [1.54, 1.807) is 12.1 Å². The standard InChI is InChI=1S/C16H16ClNO2/c1-11(12-4-6-13(17)7-5-12)18(14-8-9-14)16(19)15-3-2-10-20-15/h2-7,10-11,14H,8-9H2,1H3. The van der Waals surface area contributed by atoms with E-state index in [9.17, 15) is 4.79 Å². The van der Waals surface area contributed by atoms with Crippen molar-refractivity contribution in [2.24, 2.45) is 0 Å². The lowest BCUT2D eigenvalue weighted by atomic mass is 10.1. The molecule has 1 fully saturated rings. The van der Waals surface area contributed by atoms with Crippen LogP contribution in [0.3, 0.4) is 0 Å². The smallest absolute Gasteiger partial charge is 0.290 e. The number of amides is 1. The second-order valence-electron chi connectivity index (χ2n) is 5.15. The Bertz CT molecular complexity index is 587. The summed E-state index contributed by atoms with van der Waals surface area (Å²) in [4.78, 5) is 14.5. The van der Waals surface area contributed by atoms with E-state index in [1.165, 1.54) is 6.26 Å². The predicted molar refractivity (Wildman–Crippen MR) is 77.8 cm³/mol. The van der Waals surface area contributed by atoms with Crippen LogP contribution in [0.1, 0.15) is 41.9 Å². The Balaban J connectivity index is 1.87. The Morgan fingerprint density at radius 2 is 2.00 bits per heavy atom. The molecule has 3 rings (SSSR count). The predicted octanol–water partition coefficient (Wildman–Crippen LogP) is 4.30. The van der Waals surface area contributed by atoms with E-state index in [-0.39, 0.29) is 11.9 Å². The van der Waals surface area contributed by atoms with Crippen LogP contribution >= 0.6 is 11.6 Å². The molecule has 0 spiro atoms. The first kappa shape index (κ1) is 13.3. The van der Waals surface area contributed by atoms with Gasteiger partial charge in [-0.2, -0.15) is 0 Å². The quantitative estimate of drug-likeness (QED) is 0.841. The van der Waals surface area contributed by atoms with Gasteiger partial charge >= 0.3 is 0 Å². The topological polar surface area (TPSA) is 33.5 Å². The maximum absolute atomic E-state index is 12.6. The van der Waals surface area contributed by atoms with Crippen molar-refractivity contribution in [2.45, 2.75) is 31.8 Å². The van der Waals surface area contributed by atoms with E-state index < -0.39 is 0 Å². The fourth-order valence-electron chi connectivity index (χ4n) is 2.44. The number of benzene rings is 1. The van der Waals surface area contributed by atoms with Crippen LogP contribution < -0.4 is 0 Å². The zero-order valence-electron chi connectivity index (χ0n) is 11.3. The van der Waals surface area contributed by atoms with Crippen LogP contribution in [-0.2, 0) is 0 Å². The number of halogens is 1. The molecule has 1 aromatic heterocycles. The van der Waals surface area contributed by atoms with Crippen molar-refractivity contribution in [2.75, 3.05) is 0 Å². The third kappa shape index (κ3) is 2.59. The Morgan fingerprint density at radius 1 is 1.30 bits per heavy atom. The fourth-order valence-corrected chi connectivity index (χ4v) is 2.57. The van der Waals surface area contributed by atoms with Crippen LogP contribution in [0.25, 0.3) is 0 Å². The van der Waals surface area contributed by atoms with Gasteiger partial charge in [0, 0.05) is 11.1 Å². The van der Waals surface area contributed by atoms with Gasteiger partial charge in [-0.1, -0.05) is 23.7 Å². The van der Waals surface area contributed by atoms with E-state index in [2.05, 4.69) is 0 Å². The maximum atomic E-state index is 12.6. The Hall–Kier alpha value is -1.74. The highest BCUT2D eigenvalue weighted by molar-refractivity contribution is 6.30. The molecule has 0 aliphatic heterocycles. The van der Waals surface area contributed by atoms with Gasteiger partial charge < -0.3 is 9.32 Å². The number of carbonyl (C=O) groups excluding carboxylic acids is 1. The molecule has 104 valence electrons. The number of nitrogens with zero attached hydrogens (tertiary/aromatic N) is 1. The van der Waals surface area contributed by atoms with E-state index >= 15 is 0 Å². The van der Waals surface area contributed by atoms with Gasteiger partial charge in [-0.05, 0) is 49.6 Å². The van der Waals surface area contributed by atoms with Crippen molar-refractivity contribution in [1.82, 2.24) is 4.90 Å². The summed E-state index contributed by atoms with van der Waals surface area (Å²) in [5.74, 6) is 0.359. The van der Waals surface area contributed by atoms with Gasteiger partial charge in [0.1, 0.15) is 0 Å². The summed E-state index contributed by atoms with van der Waals surface area (Å²) < 4.78 is 5.25. The first-order valence-corrected chi connectivity index (χ1v) is 7.16. The third-order valence-electron chi connectivity index (χ3n) is 3.68. The second kappa shape index (κ2) is 5.33. The zero-order valence-corrected chi connectivity index (χ0v) is 12.0. The largest absolute Gasteiger partial charge is 0.459 e. The minimum Gasteiger partial charge on any atom is -0.459 e. The van der Waals surface area contributed by atoms with E-state index in [4.69, 9.17) is 16.0 Å². The molecule has 1 aromatic carbocycles. The summed E-state index contributed by atoms with van der Waals surface area (Å²) in [6.45, 7) is 2.04. The second-order valence-corrected chi connectivity index (χ2v) is 5.58. The minimum atomic E-state index is -0.0417. The Labute approximate surface area is 123 Å². The summed E-state index contributed by atoms with van der Waals surface area (Å²) >= 11 is 5.92. The molecule has 0 bridgehead atoms. The number of hydrogen-bond donors (Lipinski definition) is 0.